The van der Waals surface area contributed by atoms with Crippen molar-refractivity contribution < 1.29 is 0 Å². The predicted molar refractivity (Wildman–Crippen MR) is 71.3 cm³/mol. The summed E-state index contributed by atoms with van der Waals surface area (Å²) in [4.78, 5) is 0. The summed E-state index contributed by atoms with van der Waals surface area (Å²) in [5, 5.41) is 8.18. The second kappa shape index (κ2) is 5.10. The molecule has 0 saturated carbocycles. The average Bonchev–Trinajstić information content (AvgIpc) is 2.69. The van der Waals surface area contributed by atoms with Crippen LogP contribution in [0.25, 0.3) is 0 Å². The zero-order chi connectivity index (χ0) is 12.3. The summed E-state index contributed by atoms with van der Waals surface area (Å²) >= 11 is 6.05. The van der Waals surface area contributed by atoms with E-state index in [9.17, 15) is 0 Å². The molecule has 2 rings (SSSR count). The Bertz CT molecular complexity index is 487. The Kier molecular flexibility index (Phi) is 3.54. The number of nitrogens with two attached hydrogens (primary N) is 1. The molecule has 0 aliphatic carbocycles. The second-order valence-electron chi connectivity index (χ2n) is 3.86. The Morgan fingerprint density at radius 1 is 1.41 bits per heavy atom. The summed E-state index contributed by atoms with van der Waals surface area (Å²) in [5.41, 5.74) is 8.35. The predicted octanol–water partition coefficient (Wildman–Crippen LogP) is 2.31. The average molecular weight is 251 g/mol. The lowest BCUT2D eigenvalue weighted by molar-refractivity contribution is 0.742. The van der Waals surface area contributed by atoms with E-state index in [0.717, 1.165) is 24.3 Å². The number of nitrogens with zero attached hydrogens (tertiary/aromatic N) is 2. The number of nitrogens with one attached hydrogen (secondary N) is 1. The molecule has 0 aliphatic rings. The van der Waals surface area contributed by atoms with Crippen LogP contribution in [0.15, 0.2) is 30.5 Å². The van der Waals surface area contributed by atoms with Crippen LogP contribution in [-0.4, -0.2) is 16.3 Å². The third-order valence-electron chi connectivity index (χ3n) is 2.50. The van der Waals surface area contributed by atoms with Crippen molar-refractivity contribution in [3.8, 4) is 0 Å². The number of benzene rings is 1. The van der Waals surface area contributed by atoms with Crippen LogP contribution < -0.4 is 11.1 Å². The number of halogens is 1. The smallest absolute Gasteiger partial charge is 0.0763 e. The van der Waals surface area contributed by atoms with Crippen molar-refractivity contribution in [3.05, 3.63) is 41.2 Å². The molecular formula is C12H15ClN4. The van der Waals surface area contributed by atoms with Gasteiger partial charge in [0, 0.05) is 26.2 Å². The largest absolute Gasteiger partial charge is 0.397 e. The van der Waals surface area contributed by atoms with Gasteiger partial charge in [-0.2, -0.15) is 5.10 Å². The highest BCUT2D eigenvalue weighted by Gasteiger charge is 2.03. The summed E-state index contributed by atoms with van der Waals surface area (Å²) < 4.78 is 1.79. The molecule has 0 spiro atoms. The second-order valence-corrected chi connectivity index (χ2v) is 4.27. The van der Waals surface area contributed by atoms with Crippen molar-refractivity contribution in [2.75, 3.05) is 17.6 Å². The third-order valence-corrected chi connectivity index (χ3v) is 2.81. The van der Waals surface area contributed by atoms with E-state index in [-0.39, 0.29) is 0 Å². The number of anilines is 2. The number of aryl methyl sites for hydroxylation is 1. The van der Waals surface area contributed by atoms with Gasteiger partial charge < -0.3 is 11.1 Å². The minimum Gasteiger partial charge on any atom is -0.397 e. The first-order chi connectivity index (χ1) is 8.16. The van der Waals surface area contributed by atoms with Gasteiger partial charge in [0.1, 0.15) is 0 Å². The third kappa shape index (κ3) is 2.91. The molecule has 0 saturated heterocycles. The Hall–Kier alpha value is -1.68. The van der Waals surface area contributed by atoms with Crippen LogP contribution in [0.5, 0.6) is 0 Å². The van der Waals surface area contributed by atoms with Crippen molar-refractivity contribution >= 4 is 23.0 Å². The molecule has 17 heavy (non-hydrogen) atoms. The Balaban J connectivity index is 1.94. The molecule has 1 heterocycles. The number of hydrogen-bond donors (Lipinski definition) is 2. The quantitative estimate of drug-likeness (QED) is 0.819. The lowest BCUT2D eigenvalue weighted by atomic mass is 10.2. The molecule has 0 aliphatic heterocycles. The number of aromatic nitrogens is 2. The molecule has 5 heteroatoms. The SMILES string of the molecule is Cn1ccc(CCNc2c(N)cccc2Cl)n1. The van der Waals surface area contributed by atoms with Crippen LogP contribution >= 0.6 is 11.6 Å². The van der Waals surface area contributed by atoms with E-state index in [0.29, 0.717) is 10.7 Å². The molecule has 0 atom stereocenters. The van der Waals surface area contributed by atoms with Gasteiger partial charge >= 0.3 is 0 Å². The lowest BCUT2D eigenvalue weighted by Crippen LogP contribution is -2.08. The fourth-order valence-electron chi connectivity index (χ4n) is 1.64. The standard InChI is InChI=1S/C12H15ClN4/c1-17-8-6-9(16-17)5-7-15-12-10(13)3-2-4-11(12)14/h2-4,6,8,15H,5,7,14H2,1H3. The molecule has 0 unspecified atom stereocenters. The monoisotopic (exact) mass is 250 g/mol. The zero-order valence-corrected chi connectivity index (χ0v) is 10.4. The van der Waals surface area contributed by atoms with Crippen LogP contribution in [0.4, 0.5) is 11.4 Å². The molecular weight excluding hydrogens is 236 g/mol. The van der Waals surface area contributed by atoms with E-state index in [4.69, 9.17) is 17.3 Å². The van der Waals surface area contributed by atoms with E-state index in [2.05, 4.69) is 10.4 Å². The first-order valence-electron chi connectivity index (χ1n) is 5.43. The van der Waals surface area contributed by atoms with Gasteiger partial charge in [-0.15, -0.1) is 0 Å². The number of nitrogen functional groups attached to an aromatic ring is 1. The molecule has 90 valence electrons. The van der Waals surface area contributed by atoms with E-state index < -0.39 is 0 Å². The molecule has 1 aromatic heterocycles. The molecule has 0 radical (unpaired) electrons. The fourth-order valence-corrected chi connectivity index (χ4v) is 1.89. The summed E-state index contributed by atoms with van der Waals surface area (Å²) in [6.07, 6.45) is 2.77. The minimum atomic E-state index is 0.644. The highest BCUT2D eigenvalue weighted by atomic mass is 35.5. The maximum atomic E-state index is 6.05. The van der Waals surface area contributed by atoms with Gasteiger partial charge in [-0.25, -0.2) is 0 Å². The van der Waals surface area contributed by atoms with Crippen LogP contribution in [-0.2, 0) is 13.5 Å². The van der Waals surface area contributed by atoms with Gasteiger partial charge in [0.2, 0.25) is 0 Å². The number of hydrogen-bond acceptors (Lipinski definition) is 3. The Morgan fingerprint density at radius 3 is 2.88 bits per heavy atom. The van der Waals surface area contributed by atoms with Gasteiger partial charge in [-0.3, -0.25) is 4.68 Å². The van der Waals surface area contributed by atoms with Gasteiger partial charge in [-0.1, -0.05) is 17.7 Å². The van der Waals surface area contributed by atoms with E-state index >= 15 is 0 Å². The van der Waals surface area contributed by atoms with Gasteiger partial charge in [-0.05, 0) is 18.2 Å². The zero-order valence-electron chi connectivity index (χ0n) is 9.65. The summed E-state index contributed by atoms with van der Waals surface area (Å²) in [7, 11) is 1.91. The Morgan fingerprint density at radius 2 is 2.24 bits per heavy atom. The lowest BCUT2D eigenvalue weighted by Gasteiger charge is -2.10. The van der Waals surface area contributed by atoms with Crippen LogP contribution in [0.1, 0.15) is 5.69 Å². The van der Waals surface area contributed by atoms with Gasteiger partial charge in [0.15, 0.2) is 0 Å². The number of para-hydroxylation sites is 1. The molecule has 0 fully saturated rings. The highest BCUT2D eigenvalue weighted by molar-refractivity contribution is 6.33. The summed E-state index contributed by atoms with van der Waals surface area (Å²) in [6.45, 7) is 0.755. The first-order valence-corrected chi connectivity index (χ1v) is 5.81. The van der Waals surface area contributed by atoms with Crippen molar-refractivity contribution in [2.24, 2.45) is 7.05 Å². The highest BCUT2D eigenvalue weighted by Crippen LogP contribution is 2.27. The molecule has 4 nitrogen and oxygen atoms in total. The van der Waals surface area contributed by atoms with Crippen molar-refractivity contribution in [2.45, 2.75) is 6.42 Å². The molecule has 1 aromatic carbocycles. The maximum Gasteiger partial charge on any atom is 0.0763 e. The normalized spacial score (nSPS) is 10.5. The molecule has 3 N–H and O–H groups in total. The summed E-state index contributed by atoms with van der Waals surface area (Å²) in [6, 6.07) is 7.48. The van der Waals surface area contributed by atoms with Crippen LogP contribution in [0, 0.1) is 0 Å². The maximum absolute atomic E-state index is 6.05. The first kappa shape index (κ1) is 11.8. The van der Waals surface area contributed by atoms with E-state index in [1.807, 2.05) is 37.5 Å². The minimum absolute atomic E-state index is 0.644. The molecule has 0 bridgehead atoms. The number of rotatable bonds is 4. The summed E-state index contributed by atoms with van der Waals surface area (Å²) in [5.74, 6) is 0. The van der Waals surface area contributed by atoms with Crippen LogP contribution in [0.2, 0.25) is 5.02 Å². The van der Waals surface area contributed by atoms with Crippen molar-refractivity contribution in [3.63, 3.8) is 0 Å². The van der Waals surface area contributed by atoms with Crippen molar-refractivity contribution in [1.82, 2.24) is 9.78 Å². The van der Waals surface area contributed by atoms with Crippen LogP contribution in [0.3, 0.4) is 0 Å². The van der Waals surface area contributed by atoms with E-state index in [1.165, 1.54) is 0 Å². The Labute approximate surface area is 105 Å². The fraction of sp³-hybridized carbons (Fsp3) is 0.250. The van der Waals surface area contributed by atoms with Gasteiger partial charge in [0.25, 0.3) is 0 Å². The molecule has 2 aromatic rings. The van der Waals surface area contributed by atoms with E-state index in [1.54, 1.807) is 4.68 Å². The van der Waals surface area contributed by atoms with Gasteiger partial charge in [0.05, 0.1) is 22.1 Å². The molecule has 0 amide bonds. The van der Waals surface area contributed by atoms with Crippen molar-refractivity contribution in [1.29, 1.82) is 0 Å². The topological polar surface area (TPSA) is 55.9 Å².